The third kappa shape index (κ3) is 6.80. The first kappa shape index (κ1) is 29.5. The Bertz CT molecular complexity index is 1160. The van der Waals surface area contributed by atoms with Gasteiger partial charge >= 0.3 is 0 Å². The van der Waals surface area contributed by atoms with Crippen molar-refractivity contribution < 1.29 is 28.9 Å². The van der Waals surface area contributed by atoms with Crippen molar-refractivity contribution in [1.82, 2.24) is 15.3 Å². The average molecular weight is 557 g/mol. The van der Waals surface area contributed by atoms with Crippen molar-refractivity contribution in [1.29, 1.82) is 0 Å². The second-order valence-corrected chi connectivity index (χ2v) is 9.81. The molecule has 1 aliphatic heterocycles. The number of amides is 2. The highest BCUT2D eigenvalue weighted by atomic mass is 16.5. The fourth-order valence-electron chi connectivity index (χ4n) is 5.22. The number of aromatic nitrogens is 2. The minimum absolute atomic E-state index is 0.0215. The van der Waals surface area contributed by atoms with Gasteiger partial charge in [-0.3, -0.25) is 9.59 Å². The molecule has 2 aromatic rings. The molecule has 1 aliphatic carbocycles. The second-order valence-electron chi connectivity index (χ2n) is 9.81. The Kier molecular flexibility index (Phi) is 10.5. The average Bonchev–Trinajstić information content (AvgIpc) is 3.50. The largest absolute Gasteiger partial charge is 0.495 e. The summed E-state index contributed by atoms with van der Waals surface area (Å²) in [7, 11) is 3.32. The Hall–Kier alpha value is -3.48. The fraction of sp³-hybridized carbons (Fsp3) is 0.571. The maximum atomic E-state index is 13.1. The monoisotopic (exact) mass is 556 g/mol. The summed E-state index contributed by atoms with van der Waals surface area (Å²) in [5, 5.41) is 14.7. The van der Waals surface area contributed by atoms with Crippen LogP contribution in [0.3, 0.4) is 0 Å². The van der Waals surface area contributed by atoms with E-state index >= 15 is 0 Å². The maximum absolute atomic E-state index is 13.1. The molecule has 218 valence electrons. The molecule has 4 rings (SSSR count). The van der Waals surface area contributed by atoms with Crippen molar-refractivity contribution in [2.75, 3.05) is 68.9 Å². The predicted octanol–water partition coefficient (Wildman–Crippen LogP) is 2.49. The van der Waals surface area contributed by atoms with Crippen molar-refractivity contribution >= 4 is 35.0 Å². The molecule has 1 unspecified atom stereocenters. The molecule has 40 heavy (non-hydrogen) atoms. The minimum atomic E-state index is -0.250. The molecule has 1 fully saturated rings. The molecule has 2 aliphatic rings. The summed E-state index contributed by atoms with van der Waals surface area (Å²) in [6.45, 7) is 3.76. The number of nitrogens with one attached hydrogen (secondary N) is 2. The Morgan fingerprint density at radius 2 is 1.90 bits per heavy atom. The molecule has 0 bridgehead atoms. The van der Waals surface area contributed by atoms with Gasteiger partial charge in [0.05, 0.1) is 52.0 Å². The van der Waals surface area contributed by atoms with Gasteiger partial charge in [-0.05, 0) is 37.5 Å². The molecular weight excluding hydrogens is 516 g/mol. The molecule has 1 saturated carbocycles. The maximum Gasteiger partial charge on any atom is 0.251 e. The number of anilines is 4. The topological polar surface area (TPSA) is 138 Å². The standard InChI is InChI=1S/C28H40N6O6/c1-4-22-27(37)33(2)23-18-30-28(32-25(23)34(22)20-7-5-6-8-20)31-21-10-9-19(17-24(21)38-3)26(36)29-11-13-39-15-16-40-14-12-35/h9-10,17-18,20,22,35H,4-8,11-16H2,1-3H3,(H,29,36)(H,30,31,32). The number of ether oxygens (including phenoxy) is 3. The lowest BCUT2D eigenvalue weighted by Crippen LogP contribution is -2.55. The highest BCUT2D eigenvalue weighted by Gasteiger charge is 2.41. The first-order valence-corrected chi connectivity index (χ1v) is 13.9. The van der Waals surface area contributed by atoms with Gasteiger partial charge in [-0.25, -0.2) is 4.98 Å². The molecule has 1 aromatic heterocycles. The van der Waals surface area contributed by atoms with E-state index in [0.717, 1.165) is 31.5 Å². The number of carbonyl (C=O) groups excluding carboxylic acids is 2. The third-order valence-electron chi connectivity index (χ3n) is 7.26. The number of hydrogen-bond donors (Lipinski definition) is 3. The molecule has 0 saturated heterocycles. The van der Waals surface area contributed by atoms with Crippen LogP contribution in [0.2, 0.25) is 0 Å². The third-order valence-corrected chi connectivity index (χ3v) is 7.26. The van der Waals surface area contributed by atoms with E-state index in [-0.39, 0.29) is 37.1 Å². The zero-order valence-electron chi connectivity index (χ0n) is 23.5. The van der Waals surface area contributed by atoms with E-state index in [9.17, 15) is 9.59 Å². The fourth-order valence-corrected chi connectivity index (χ4v) is 5.22. The van der Waals surface area contributed by atoms with Gasteiger partial charge in [0.25, 0.3) is 5.91 Å². The van der Waals surface area contributed by atoms with E-state index in [1.165, 1.54) is 7.11 Å². The molecule has 2 heterocycles. The van der Waals surface area contributed by atoms with Crippen molar-refractivity contribution in [2.24, 2.45) is 0 Å². The normalized spacial score (nSPS) is 17.2. The van der Waals surface area contributed by atoms with E-state index < -0.39 is 0 Å². The lowest BCUT2D eigenvalue weighted by molar-refractivity contribution is -0.120. The van der Waals surface area contributed by atoms with Crippen LogP contribution in [0.25, 0.3) is 0 Å². The number of methoxy groups -OCH3 is 1. The van der Waals surface area contributed by atoms with E-state index in [1.807, 2.05) is 6.92 Å². The van der Waals surface area contributed by atoms with Crippen molar-refractivity contribution in [3.05, 3.63) is 30.0 Å². The van der Waals surface area contributed by atoms with Gasteiger partial charge in [-0.2, -0.15) is 4.98 Å². The Balaban J connectivity index is 1.44. The molecule has 0 radical (unpaired) electrons. The van der Waals surface area contributed by atoms with Crippen LogP contribution in [-0.4, -0.2) is 92.7 Å². The van der Waals surface area contributed by atoms with E-state index in [1.54, 1.807) is 36.3 Å². The van der Waals surface area contributed by atoms with Crippen molar-refractivity contribution in [3.8, 4) is 5.75 Å². The lowest BCUT2D eigenvalue weighted by atomic mass is 10.0. The molecule has 0 spiro atoms. The zero-order valence-corrected chi connectivity index (χ0v) is 23.5. The molecular formula is C28H40N6O6. The molecule has 1 aromatic carbocycles. The van der Waals surface area contributed by atoms with Gasteiger partial charge in [-0.1, -0.05) is 19.8 Å². The van der Waals surface area contributed by atoms with E-state index in [0.29, 0.717) is 61.4 Å². The minimum Gasteiger partial charge on any atom is -0.495 e. The van der Waals surface area contributed by atoms with Crippen molar-refractivity contribution in [2.45, 2.75) is 51.1 Å². The molecule has 12 heteroatoms. The van der Waals surface area contributed by atoms with Crippen LogP contribution < -0.4 is 25.2 Å². The van der Waals surface area contributed by atoms with Crippen LogP contribution in [-0.2, 0) is 14.3 Å². The van der Waals surface area contributed by atoms with E-state index in [4.69, 9.17) is 24.3 Å². The number of carbonyl (C=O) groups is 2. The highest BCUT2D eigenvalue weighted by Crippen LogP contribution is 2.40. The van der Waals surface area contributed by atoms with Crippen molar-refractivity contribution in [3.63, 3.8) is 0 Å². The number of likely N-dealkylation sites (N-methyl/N-ethyl adjacent to an activating group) is 1. The van der Waals surface area contributed by atoms with Crippen LogP contribution in [0.5, 0.6) is 5.75 Å². The summed E-state index contributed by atoms with van der Waals surface area (Å²) in [5.41, 5.74) is 1.76. The molecule has 1 atom stereocenters. The number of aliphatic hydroxyl groups excluding tert-OH is 1. The SMILES string of the molecule is CCC1C(=O)N(C)c2cnc(Nc3ccc(C(=O)NCCOCCOCCO)cc3OC)nc2N1C1CCCC1. The summed E-state index contributed by atoms with van der Waals surface area (Å²) >= 11 is 0. The second kappa shape index (κ2) is 14.2. The van der Waals surface area contributed by atoms with Gasteiger partial charge in [0.2, 0.25) is 11.9 Å². The van der Waals surface area contributed by atoms with E-state index in [2.05, 4.69) is 20.5 Å². The van der Waals surface area contributed by atoms with Gasteiger partial charge in [0.15, 0.2) is 5.82 Å². The zero-order chi connectivity index (χ0) is 28.5. The highest BCUT2D eigenvalue weighted by molar-refractivity contribution is 6.04. The summed E-state index contributed by atoms with van der Waals surface area (Å²) in [6.07, 6.45) is 6.78. The molecule has 12 nitrogen and oxygen atoms in total. The number of rotatable bonds is 14. The van der Waals surface area contributed by atoms with Gasteiger partial charge in [-0.15, -0.1) is 0 Å². The summed E-state index contributed by atoms with van der Waals surface area (Å²) in [4.78, 5) is 39.0. The first-order chi connectivity index (χ1) is 19.5. The summed E-state index contributed by atoms with van der Waals surface area (Å²) < 4.78 is 16.1. The van der Waals surface area contributed by atoms with Crippen LogP contribution in [0, 0.1) is 0 Å². The van der Waals surface area contributed by atoms with Crippen LogP contribution in [0.15, 0.2) is 24.4 Å². The summed E-state index contributed by atoms with van der Waals surface area (Å²) in [6, 6.07) is 5.14. The Morgan fingerprint density at radius 3 is 2.60 bits per heavy atom. The summed E-state index contributed by atoms with van der Waals surface area (Å²) in [5.74, 6) is 1.43. The quantitative estimate of drug-likeness (QED) is 0.298. The van der Waals surface area contributed by atoms with Gasteiger partial charge in [0.1, 0.15) is 17.5 Å². The van der Waals surface area contributed by atoms with Crippen LogP contribution in [0.4, 0.5) is 23.1 Å². The molecule has 2 amide bonds. The first-order valence-electron chi connectivity index (χ1n) is 13.9. The number of fused-ring (bicyclic) bond motifs is 1. The molecule has 3 N–H and O–H groups in total. The van der Waals surface area contributed by atoms with Gasteiger partial charge in [0, 0.05) is 25.2 Å². The Labute approximate surface area is 235 Å². The lowest BCUT2D eigenvalue weighted by Gasteiger charge is -2.43. The number of aliphatic hydroxyl groups is 1. The number of nitrogens with zero attached hydrogens (tertiary/aromatic N) is 4. The number of hydrogen-bond acceptors (Lipinski definition) is 10. The van der Waals surface area contributed by atoms with Gasteiger partial charge < -0.3 is 39.8 Å². The van der Waals surface area contributed by atoms with Crippen LogP contribution in [0.1, 0.15) is 49.4 Å². The van der Waals surface area contributed by atoms with Crippen LogP contribution >= 0.6 is 0 Å². The smallest absolute Gasteiger partial charge is 0.251 e. The number of benzene rings is 1. The predicted molar refractivity (Wildman–Crippen MR) is 152 cm³/mol. The Morgan fingerprint density at radius 1 is 1.15 bits per heavy atom.